The van der Waals surface area contributed by atoms with E-state index in [1.54, 1.807) is 11.8 Å². The lowest BCUT2D eigenvalue weighted by molar-refractivity contribution is -0.150. The summed E-state index contributed by atoms with van der Waals surface area (Å²) in [6, 6.07) is 0. The van der Waals surface area contributed by atoms with E-state index in [4.69, 9.17) is 4.74 Å². The molecule has 0 radical (unpaired) electrons. The van der Waals surface area contributed by atoms with E-state index in [-0.39, 0.29) is 5.97 Å². The molecule has 0 saturated heterocycles. The van der Waals surface area contributed by atoms with Gasteiger partial charge in [-0.2, -0.15) is 0 Å². The van der Waals surface area contributed by atoms with Crippen LogP contribution in [-0.4, -0.2) is 45.6 Å². The second-order valence-corrected chi connectivity index (χ2v) is 6.15. The normalized spacial score (nSPS) is 13.9. The molecule has 120 valence electrons. The van der Waals surface area contributed by atoms with E-state index in [0.717, 1.165) is 42.5 Å². The average molecular weight is 314 g/mol. The largest absolute Gasteiger partial charge is 0.465 e. The van der Waals surface area contributed by atoms with Gasteiger partial charge >= 0.3 is 5.97 Å². The van der Waals surface area contributed by atoms with Gasteiger partial charge in [-0.1, -0.05) is 25.1 Å². The van der Waals surface area contributed by atoms with Crippen LogP contribution in [-0.2, 0) is 9.53 Å². The van der Waals surface area contributed by atoms with Gasteiger partial charge in [0, 0.05) is 5.75 Å². The lowest BCUT2D eigenvalue weighted by Gasteiger charge is -2.28. The molecule has 0 spiro atoms. The Morgan fingerprint density at radius 3 is 2.76 bits per heavy atom. The number of rotatable bonds is 10. The smallest absolute Gasteiger partial charge is 0.326 e. The van der Waals surface area contributed by atoms with Crippen LogP contribution < -0.4 is 5.32 Å². The van der Waals surface area contributed by atoms with E-state index in [1.807, 2.05) is 27.7 Å². The van der Waals surface area contributed by atoms with Crippen molar-refractivity contribution in [2.45, 2.75) is 57.7 Å². The SMILES string of the molecule is CCNC(C)(CCCCSc1n[nH]c(C)n1)C(=O)OCC. The molecule has 1 unspecified atom stereocenters. The van der Waals surface area contributed by atoms with Crippen molar-refractivity contribution < 1.29 is 9.53 Å². The van der Waals surface area contributed by atoms with Crippen LogP contribution in [0.1, 0.15) is 45.9 Å². The van der Waals surface area contributed by atoms with E-state index in [0.29, 0.717) is 6.61 Å². The first kappa shape index (κ1) is 18.0. The van der Waals surface area contributed by atoms with Crippen molar-refractivity contribution in [1.29, 1.82) is 0 Å². The average Bonchev–Trinajstić information content (AvgIpc) is 2.84. The van der Waals surface area contributed by atoms with Gasteiger partial charge < -0.3 is 10.1 Å². The summed E-state index contributed by atoms with van der Waals surface area (Å²) in [6.45, 7) is 8.80. The van der Waals surface area contributed by atoms with Crippen LogP contribution in [0, 0.1) is 6.92 Å². The first-order valence-corrected chi connectivity index (χ1v) is 8.44. The Labute approximate surface area is 130 Å². The number of aromatic amines is 1. The molecule has 0 aliphatic heterocycles. The topological polar surface area (TPSA) is 79.9 Å². The fourth-order valence-electron chi connectivity index (χ4n) is 2.07. The standard InChI is InChI=1S/C14H26N4O2S/c1-5-15-14(4,12(19)20-6-2)9-7-8-10-21-13-16-11(3)17-18-13/h15H,5-10H2,1-4H3,(H,16,17,18). The molecule has 0 aromatic carbocycles. The number of H-pyrrole nitrogens is 1. The predicted octanol–water partition coefficient (Wildman–Crippen LogP) is 2.31. The lowest BCUT2D eigenvalue weighted by atomic mass is 9.95. The highest BCUT2D eigenvalue weighted by molar-refractivity contribution is 7.99. The van der Waals surface area contributed by atoms with Gasteiger partial charge in [0.15, 0.2) is 0 Å². The summed E-state index contributed by atoms with van der Waals surface area (Å²) >= 11 is 1.63. The van der Waals surface area contributed by atoms with E-state index in [9.17, 15) is 4.79 Å². The summed E-state index contributed by atoms with van der Waals surface area (Å²) in [6.07, 6.45) is 2.74. The molecular weight excluding hydrogens is 288 g/mol. The Bertz CT molecular complexity index is 438. The predicted molar refractivity (Wildman–Crippen MR) is 84.4 cm³/mol. The highest BCUT2D eigenvalue weighted by Gasteiger charge is 2.32. The Morgan fingerprint density at radius 1 is 1.43 bits per heavy atom. The van der Waals surface area contributed by atoms with Crippen molar-refractivity contribution in [3.8, 4) is 0 Å². The summed E-state index contributed by atoms with van der Waals surface area (Å²) in [4.78, 5) is 16.3. The highest BCUT2D eigenvalue weighted by atomic mass is 32.2. The number of nitrogens with one attached hydrogen (secondary N) is 2. The van der Waals surface area contributed by atoms with Crippen LogP contribution in [0.2, 0.25) is 0 Å². The van der Waals surface area contributed by atoms with Crippen LogP contribution in [0.5, 0.6) is 0 Å². The Hall–Kier alpha value is -1.08. The molecule has 0 saturated carbocycles. The van der Waals surface area contributed by atoms with E-state index in [1.165, 1.54) is 0 Å². The Morgan fingerprint density at radius 2 is 2.19 bits per heavy atom. The van der Waals surface area contributed by atoms with Crippen molar-refractivity contribution in [3.05, 3.63) is 5.82 Å². The fraction of sp³-hybridized carbons (Fsp3) is 0.786. The first-order chi connectivity index (χ1) is 10.0. The summed E-state index contributed by atoms with van der Waals surface area (Å²) < 4.78 is 5.16. The van der Waals surface area contributed by atoms with Crippen LogP contribution in [0.3, 0.4) is 0 Å². The van der Waals surface area contributed by atoms with Crippen LogP contribution in [0.15, 0.2) is 5.16 Å². The minimum absolute atomic E-state index is 0.163. The molecule has 1 aromatic heterocycles. The van der Waals surface area contributed by atoms with Gasteiger partial charge in [-0.05, 0) is 40.2 Å². The zero-order chi connectivity index (χ0) is 15.7. The van der Waals surface area contributed by atoms with E-state index < -0.39 is 5.54 Å². The monoisotopic (exact) mass is 314 g/mol. The lowest BCUT2D eigenvalue weighted by Crippen LogP contribution is -2.50. The first-order valence-electron chi connectivity index (χ1n) is 7.46. The van der Waals surface area contributed by atoms with Gasteiger partial charge in [0.05, 0.1) is 6.61 Å². The number of carbonyl (C=O) groups excluding carboxylic acids is 1. The van der Waals surface area contributed by atoms with Crippen molar-refractivity contribution in [3.63, 3.8) is 0 Å². The van der Waals surface area contributed by atoms with Gasteiger partial charge in [0.2, 0.25) is 5.16 Å². The molecule has 6 nitrogen and oxygen atoms in total. The quantitative estimate of drug-likeness (QED) is 0.392. The summed E-state index contributed by atoms with van der Waals surface area (Å²) in [7, 11) is 0. The second kappa shape index (κ2) is 9.04. The zero-order valence-corrected chi connectivity index (χ0v) is 14.2. The number of aryl methyl sites for hydroxylation is 1. The molecule has 1 heterocycles. The van der Waals surface area contributed by atoms with Gasteiger partial charge in [-0.15, -0.1) is 5.10 Å². The molecule has 1 atom stereocenters. The molecule has 2 N–H and O–H groups in total. The number of aromatic nitrogens is 3. The van der Waals surface area contributed by atoms with Crippen molar-refractivity contribution in [2.24, 2.45) is 0 Å². The molecular formula is C14H26N4O2S. The number of ether oxygens (including phenoxy) is 1. The molecule has 7 heteroatoms. The maximum Gasteiger partial charge on any atom is 0.326 e. The number of nitrogens with zero attached hydrogens (tertiary/aromatic N) is 2. The van der Waals surface area contributed by atoms with Gasteiger partial charge in [0.1, 0.15) is 11.4 Å². The zero-order valence-electron chi connectivity index (χ0n) is 13.4. The fourth-order valence-corrected chi connectivity index (χ4v) is 2.92. The van der Waals surface area contributed by atoms with Gasteiger partial charge in [-0.25, -0.2) is 4.98 Å². The summed E-state index contributed by atoms with van der Waals surface area (Å²) in [5, 5.41) is 10.9. The second-order valence-electron chi connectivity index (χ2n) is 5.09. The number of hydrogen-bond acceptors (Lipinski definition) is 6. The third kappa shape index (κ3) is 6.05. The van der Waals surface area contributed by atoms with Crippen LogP contribution in [0.4, 0.5) is 0 Å². The van der Waals surface area contributed by atoms with E-state index in [2.05, 4.69) is 20.5 Å². The van der Waals surface area contributed by atoms with Gasteiger partial charge in [-0.3, -0.25) is 9.89 Å². The van der Waals surface area contributed by atoms with Crippen LogP contribution >= 0.6 is 11.8 Å². The van der Waals surface area contributed by atoms with Gasteiger partial charge in [0.25, 0.3) is 0 Å². The molecule has 21 heavy (non-hydrogen) atoms. The van der Waals surface area contributed by atoms with Crippen LogP contribution in [0.25, 0.3) is 0 Å². The molecule has 0 fully saturated rings. The number of likely N-dealkylation sites (N-methyl/N-ethyl adjacent to an activating group) is 1. The Kier molecular flexibility index (Phi) is 7.74. The molecule has 1 rings (SSSR count). The molecule has 1 aromatic rings. The third-order valence-corrected chi connectivity index (χ3v) is 4.11. The Balaban J connectivity index is 2.31. The molecule has 0 amide bonds. The summed E-state index contributed by atoms with van der Waals surface area (Å²) in [5.41, 5.74) is -0.587. The maximum atomic E-state index is 12.0. The molecule has 0 bridgehead atoms. The summed E-state index contributed by atoms with van der Waals surface area (Å²) in [5.74, 6) is 1.62. The highest BCUT2D eigenvalue weighted by Crippen LogP contribution is 2.19. The van der Waals surface area contributed by atoms with Crippen molar-refractivity contribution in [1.82, 2.24) is 20.5 Å². The maximum absolute atomic E-state index is 12.0. The minimum Gasteiger partial charge on any atom is -0.465 e. The molecule has 0 aliphatic rings. The number of carbonyl (C=O) groups is 1. The minimum atomic E-state index is -0.587. The van der Waals surface area contributed by atoms with Crippen molar-refractivity contribution >= 4 is 17.7 Å². The number of thioether (sulfide) groups is 1. The number of esters is 1. The number of unbranched alkanes of at least 4 members (excludes halogenated alkanes) is 1. The molecule has 0 aliphatic carbocycles. The third-order valence-electron chi connectivity index (χ3n) is 3.17. The van der Waals surface area contributed by atoms with Crippen molar-refractivity contribution in [2.75, 3.05) is 18.9 Å². The number of hydrogen-bond donors (Lipinski definition) is 2. The van der Waals surface area contributed by atoms with E-state index >= 15 is 0 Å².